The van der Waals surface area contributed by atoms with Crippen molar-refractivity contribution >= 4 is 44.7 Å². The summed E-state index contributed by atoms with van der Waals surface area (Å²) < 4.78 is 26.3. The third kappa shape index (κ3) is 6.53. The number of carbonyl (C=O) groups is 2. The maximum absolute atomic E-state index is 13.2. The molecule has 8 heteroatoms. The van der Waals surface area contributed by atoms with Crippen LogP contribution in [-0.4, -0.2) is 32.4 Å². The van der Waals surface area contributed by atoms with Crippen LogP contribution in [0.3, 0.4) is 0 Å². The summed E-state index contributed by atoms with van der Waals surface area (Å²) in [5.41, 5.74) is 2.81. The van der Waals surface area contributed by atoms with Crippen molar-refractivity contribution in [2.75, 3.05) is 15.9 Å². The van der Waals surface area contributed by atoms with Crippen molar-refractivity contribution in [3.63, 3.8) is 0 Å². The van der Waals surface area contributed by atoms with Crippen molar-refractivity contribution < 1.29 is 18.0 Å². The predicted octanol–water partition coefficient (Wildman–Crippen LogP) is 6.05. The average Bonchev–Trinajstić information content (AvgIpc) is 2.81. The van der Waals surface area contributed by atoms with Crippen molar-refractivity contribution in [1.82, 2.24) is 0 Å². The highest BCUT2D eigenvalue weighted by molar-refractivity contribution is 7.92. The van der Waals surface area contributed by atoms with Gasteiger partial charge in [0.15, 0.2) is 5.78 Å². The van der Waals surface area contributed by atoms with Crippen LogP contribution in [0.1, 0.15) is 55.6 Å². The highest BCUT2D eigenvalue weighted by Gasteiger charge is 2.31. The second kappa shape index (κ2) is 10.8. The van der Waals surface area contributed by atoms with Gasteiger partial charge in [0.05, 0.1) is 11.9 Å². The fraction of sp³-hybridized carbons (Fsp3) is 0.286. The van der Waals surface area contributed by atoms with Gasteiger partial charge >= 0.3 is 0 Å². The molecule has 0 saturated heterocycles. The second-order valence-electron chi connectivity index (χ2n) is 9.69. The number of sulfonamides is 1. The largest absolute Gasteiger partial charge is 0.324 e. The van der Waals surface area contributed by atoms with Crippen molar-refractivity contribution in [1.29, 1.82) is 0 Å². The van der Waals surface area contributed by atoms with Crippen LogP contribution >= 0.6 is 11.6 Å². The van der Waals surface area contributed by atoms with Gasteiger partial charge < -0.3 is 5.32 Å². The van der Waals surface area contributed by atoms with E-state index < -0.39 is 22.0 Å². The summed E-state index contributed by atoms with van der Waals surface area (Å²) in [7, 11) is -3.78. The second-order valence-corrected chi connectivity index (χ2v) is 12.0. The van der Waals surface area contributed by atoms with Gasteiger partial charge in [-0.05, 0) is 53.8 Å². The number of hydrogen-bond acceptors (Lipinski definition) is 4. The van der Waals surface area contributed by atoms with E-state index in [0.29, 0.717) is 27.5 Å². The van der Waals surface area contributed by atoms with E-state index in [-0.39, 0.29) is 17.6 Å². The van der Waals surface area contributed by atoms with E-state index in [2.05, 4.69) is 26.1 Å². The number of ketones is 1. The molecule has 1 N–H and O–H groups in total. The zero-order chi connectivity index (χ0) is 26.7. The molecule has 0 spiro atoms. The molecule has 6 nitrogen and oxygen atoms in total. The Morgan fingerprint density at radius 1 is 0.944 bits per heavy atom. The van der Waals surface area contributed by atoms with E-state index in [9.17, 15) is 18.0 Å². The number of anilines is 2. The minimum Gasteiger partial charge on any atom is -0.324 e. The van der Waals surface area contributed by atoms with Crippen LogP contribution in [-0.2, 0) is 20.2 Å². The Labute approximate surface area is 218 Å². The van der Waals surface area contributed by atoms with Crippen molar-refractivity contribution in [2.45, 2.75) is 45.6 Å². The summed E-state index contributed by atoms with van der Waals surface area (Å²) in [4.78, 5) is 26.3. The summed E-state index contributed by atoms with van der Waals surface area (Å²) in [5.74, 6) is -0.672. The van der Waals surface area contributed by atoms with Gasteiger partial charge in [0.2, 0.25) is 15.9 Å². The molecule has 3 aromatic carbocycles. The number of halogens is 1. The maximum Gasteiger partial charge on any atom is 0.248 e. The van der Waals surface area contributed by atoms with Crippen LogP contribution in [0.2, 0.25) is 5.02 Å². The molecule has 3 aromatic rings. The minimum atomic E-state index is -3.78. The smallest absolute Gasteiger partial charge is 0.248 e. The number of nitrogens with one attached hydrogen (secondary N) is 1. The predicted molar refractivity (Wildman–Crippen MR) is 146 cm³/mol. The Balaban J connectivity index is 1.84. The average molecular weight is 527 g/mol. The molecular weight excluding hydrogens is 496 g/mol. The lowest BCUT2D eigenvalue weighted by molar-refractivity contribution is -0.117. The molecule has 36 heavy (non-hydrogen) atoms. The summed E-state index contributed by atoms with van der Waals surface area (Å²) >= 11 is 5.95. The first kappa shape index (κ1) is 27.4. The lowest BCUT2D eigenvalue weighted by Gasteiger charge is -2.30. The van der Waals surface area contributed by atoms with Gasteiger partial charge in [0.1, 0.15) is 6.04 Å². The van der Waals surface area contributed by atoms with E-state index in [1.807, 2.05) is 12.1 Å². The van der Waals surface area contributed by atoms with Gasteiger partial charge in [0.25, 0.3) is 0 Å². The van der Waals surface area contributed by atoms with Crippen LogP contribution in [0.25, 0.3) is 0 Å². The summed E-state index contributed by atoms with van der Waals surface area (Å²) in [6, 6.07) is 19.4. The quantitative estimate of drug-likeness (QED) is 0.362. The van der Waals surface area contributed by atoms with E-state index in [0.717, 1.165) is 16.1 Å². The normalized spacial score (nSPS) is 12.6. The number of benzene rings is 3. The van der Waals surface area contributed by atoms with Crippen LogP contribution in [0.5, 0.6) is 0 Å². The SMILES string of the molecule is CCC(C(=O)Nc1cccc(C(=O)c2ccc(C(C)(C)C)cc2)c1)N(c1ccc(Cl)cc1)S(C)(=O)=O. The van der Waals surface area contributed by atoms with Crippen LogP contribution in [0.15, 0.2) is 72.8 Å². The van der Waals surface area contributed by atoms with Crippen LogP contribution in [0.4, 0.5) is 11.4 Å². The monoisotopic (exact) mass is 526 g/mol. The first-order chi connectivity index (χ1) is 16.8. The highest BCUT2D eigenvalue weighted by atomic mass is 35.5. The van der Waals surface area contributed by atoms with Gasteiger partial charge in [-0.1, -0.05) is 75.7 Å². The molecule has 1 atom stereocenters. The zero-order valence-corrected chi connectivity index (χ0v) is 22.7. The molecule has 0 aliphatic rings. The molecule has 0 radical (unpaired) electrons. The molecule has 3 rings (SSSR count). The molecule has 190 valence electrons. The lowest BCUT2D eigenvalue weighted by Crippen LogP contribution is -2.47. The molecule has 0 aliphatic carbocycles. The Morgan fingerprint density at radius 2 is 1.56 bits per heavy atom. The first-order valence-electron chi connectivity index (χ1n) is 11.6. The number of hydrogen-bond donors (Lipinski definition) is 1. The Bertz CT molecular complexity index is 1350. The molecule has 0 aromatic heterocycles. The Morgan fingerprint density at radius 3 is 2.08 bits per heavy atom. The fourth-order valence-electron chi connectivity index (χ4n) is 3.90. The summed E-state index contributed by atoms with van der Waals surface area (Å²) in [5, 5.41) is 3.24. The van der Waals surface area contributed by atoms with Crippen molar-refractivity contribution in [3.05, 3.63) is 94.5 Å². The van der Waals surface area contributed by atoms with Crippen molar-refractivity contribution in [3.8, 4) is 0 Å². The third-order valence-corrected chi connectivity index (χ3v) is 7.25. The first-order valence-corrected chi connectivity index (χ1v) is 13.8. The standard InChI is InChI=1S/C28H31ClN2O4S/c1-6-25(31(36(5,34)35)24-16-14-22(29)15-17-24)27(33)30-23-9-7-8-20(18-23)26(32)19-10-12-21(13-11-19)28(2,3)4/h7-18,25H,6H2,1-5H3,(H,30,33). The molecule has 0 fully saturated rings. The zero-order valence-electron chi connectivity index (χ0n) is 21.1. The fourth-order valence-corrected chi connectivity index (χ4v) is 5.24. The number of amides is 1. The molecule has 1 unspecified atom stereocenters. The van der Waals surface area contributed by atoms with Crippen molar-refractivity contribution in [2.24, 2.45) is 0 Å². The van der Waals surface area contributed by atoms with E-state index >= 15 is 0 Å². The minimum absolute atomic E-state index is 0.0204. The maximum atomic E-state index is 13.2. The van der Waals surface area contributed by atoms with Gasteiger partial charge in [0, 0.05) is 21.8 Å². The van der Waals surface area contributed by atoms with Gasteiger partial charge in [-0.2, -0.15) is 0 Å². The van der Waals surface area contributed by atoms with E-state index in [1.54, 1.807) is 67.6 Å². The van der Waals surface area contributed by atoms with Crippen LogP contribution < -0.4 is 9.62 Å². The van der Waals surface area contributed by atoms with Crippen LogP contribution in [0, 0.1) is 0 Å². The number of rotatable bonds is 8. The Hall–Kier alpha value is -3.16. The molecule has 0 saturated carbocycles. The van der Waals surface area contributed by atoms with Gasteiger partial charge in [-0.25, -0.2) is 8.42 Å². The number of carbonyl (C=O) groups excluding carboxylic acids is 2. The number of nitrogens with zero attached hydrogens (tertiary/aromatic N) is 1. The van der Waals surface area contributed by atoms with Gasteiger partial charge in [-0.3, -0.25) is 13.9 Å². The van der Waals surface area contributed by atoms with E-state index in [1.165, 1.54) is 0 Å². The Kier molecular flexibility index (Phi) is 8.26. The lowest BCUT2D eigenvalue weighted by atomic mass is 9.86. The van der Waals surface area contributed by atoms with Gasteiger partial charge in [-0.15, -0.1) is 0 Å². The molecule has 0 bridgehead atoms. The molecule has 0 heterocycles. The summed E-state index contributed by atoms with van der Waals surface area (Å²) in [6.45, 7) is 8.06. The molecule has 1 amide bonds. The third-order valence-electron chi connectivity index (χ3n) is 5.82. The van der Waals surface area contributed by atoms with E-state index in [4.69, 9.17) is 11.6 Å². The molecular formula is C28H31ClN2O4S. The summed E-state index contributed by atoms with van der Waals surface area (Å²) in [6.07, 6.45) is 1.29. The topological polar surface area (TPSA) is 83.6 Å². The highest BCUT2D eigenvalue weighted by Crippen LogP contribution is 2.26. The molecule has 0 aliphatic heterocycles.